The Morgan fingerprint density at radius 2 is 2.20 bits per heavy atom. The first-order chi connectivity index (χ1) is 6.91. The van der Waals surface area contributed by atoms with Crippen LogP contribution in [-0.4, -0.2) is 24.5 Å². The highest BCUT2D eigenvalue weighted by atomic mass is 79.9. The first-order valence-corrected chi connectivity index (χ1v) is 7.19. The van der Waals surface area contributed by atoms with Gasteiger partial charge in [0.1, 0.15) is 0 Å². The van der Waals surface area contributed by atoms with Gasteiger partial charge in [-0.2, -0.15) is 0 Å². The third-order valence-electron chi connectivity index (χ3n) is 2.07. The molecule has 0 aliphatic rings. The van der Waals surface area contributed by atoms with Gasteiger partial charge < -0.3 is 0 Å². The molecular weight excluding hydrogens is 302 g/mol. The number of halogens is 2. The lowest BCUT2D eigenvalue weighted by atomic mass is 10.3. The fourth-order valence-electron chi connectivity index (χ4n) is 0.987. The Morgan fingerprint density at radius 3 is 2.73 bits per heavy atom. The van der Waals surface area contributed by atoms with Gasteiger partial charge >= 0.3 is 0 Å². The van der Waals surface area contributed by atoms with Gasteiger partial charge in [-0.1, -0.05) is 0 Å². The zero-order valence-electron chi connectivity index (χ0n) is 8.37. The van der Waals surface area contributed by atoms with Crippen LogP contribution in [0, 0.1) is 6.92 Å². The van der Waals surface area contributed by atoms with E-state index in [1.165, 1.54) is 6.20 Å². The van der Waals surface area contributed by atoms with Crippen LogP contribution < -0.4 is 0 Å². The summed E-state index contributed by atoms with van der Waals surface area (Å²) in [5.74, 6) is 0.0599. The highest BCUT2D eigenvalue weighted by Crippen LogP contribution is 2.26. The predicted octanol–water partition coefficient (Wildman–Crippen LogP) is 2.55. The highest BCUT2D eigenvalue weighted by molar-refractivity contribution is 9.10. The van der Waals surface area contributed by atoms with Gasteiger partial charge in [-0.15, -0.1) is 11.6 Å². The molecule has 1 aromatic rings. The number of sulfone groups is 1. The van der Waals surface area contributed by atoms with Crippen LogP contribution in [-0.2, 0) is 9.84 Å². The Balaban J connectivity index is 3.34. The van der Waals surface area contributed by atoms with Crippen molar-refractivity contribution in [1.82, 2.24) is 4.98 Å². The number of hydrogen-bond donors (Lipinski definition) is 0. The van der Waals surface area contributed by atoms with E-state index < -0.39 is 15.1 Å². The Labute approximate surface area is 103 Å². The molecule has 0 saturated carbocycles. The Hall–Kier alpha value is -0.130. The van der Waals surface area contributed by atoms with Gasteiger partial charge in [-0.05, 0) is 41.4 Å². The first-order valence-electron chi connectivity index (χ1n) is 4.32. The van der Waals surface area contributed by atoms with Crippen molar-refractivity contribution >= 4 is 37.4 Å². The molecule has 3 nitrogen and oxygen atoms in total. The fraction of sp³-hybridized carbons (Fsp3) is 0.444. The number of aryl methyl sites for hydroxylation is 1. The van der Waals surface area contributed by atoms with Crippen LogP contribution in [0.25, 0.3) is 0 Å². The molecule has 15 heavy (non-hydrogen) atoms. The Morgan fingerprint density at radius 1 is 1.60 bits per heavy atom. The van der Waals surface area contributed by atoms with E-state index in [0.717, 1.165) is 5.56 Å². The molecule has 0 aliphatic heterocycles. The van der Waals surface area contributed by atoms with Gasteiger partial charge in [0.15, 0.2) is 5.03 Å². The number of hydrogen-bond acceptors (Lipinski definition) is 3. The molecule has 0 aliphatic carbocycles. The number of pyridine rings is 1. The van der Waals surface area contributed by atoms with E-state index in [2.05, 4.69) is 20.9 Å². The van der Waals surface area contributed by atoms with Crippen molar-refractivity contribution in [2.24, 2.45) is 0 Å². The molecular formula is C9H11BrClNO2S. The molecule has 1 heterocycles. The second-order valence-electron chi connectivity index (χ2n) is 3.26. The summed E-state index contributed by atoms with van der Waals surface area (Å²) in [6, 6.07) is 1.74. The van der Waals surface area contributed by atoms with Crippen LogP contribution in [0.15, 0.2) is 21.8 Å². The summed E-state index contributed by atoms with van der Waals surface area (Å²) in [7, 11) is -3.43. The van der Waals surface area contributed by atoms with Crippen molar-refractivity contribution in [2.75, 3.05) is 5.88 Å². The molecule has 1 unspecified atom stereocenters. The topological polar surface area (TPSA) is 47.0 Å². The Kier molecular flexibility index (Phi) is 4.14. The van der Waals surface area contributed by atoms with Crippen molar-refractivity contribution in [3.05, 3.63) is 22.3 Å². The van der Waals surface area contributed by atoms with Crippen LogP contribution in [0.4, 0.5) is 0 Å². The second-order valence-corrected chi connectivity index (χ2v) is 6.64. The van der Waals surface area contributed by atoms with E-state index in [9.17, 15) is 8.42 Å². The number of rotatable bonds is 3. The summed E-state index contributed by atoms with van der Waals surface area (Å²) in [6.07, 6.45) is 1.48. The van der Waals surface area contributed by atoms with Crippen molar-refractivity contribution in [1.29, 1.82) is 0 Å². The molecule has 0 radical (unpaired) electrons. The van der Waals surface area contributed by atoms with E-state index in [-0.39, 0.29) is 10.9 Å². The van der Waals surface area contributed by atoms with Crippen LogP contribution in [0.1, 0.15) is 12.5 Å². The van der Waals surface area contributed by atoms with E-state index in [1.54, 1.807) is 13.0 Å². The molecule has 1 aromatic heterocycles. The zero-order valence-corrected chi connectivity index (χ0v) is 11.5. The lowest BCUT2D eigenvalue weighted by Gasteiger charge is -2.11. The molecule has 1 rings (SSSR count). The minimum absolute atomic E-state index is 0.0599. The molecule has 6 heteroatoms. The summed E-state index contributed by atoms with van der Waals surface area (Å²) in [6.45, 7) is 3.38. The maximum absolute atomic E-state index is 12.0. The second kappa shape index (κ2) is 4.80. The maximum Gasteiger partial charge on any atom is 0.200 e. The smallest absolute Gasteiger partial charge is 0.200 e. The third-order valence-corrected chi connectivity index (χ3v) is 6.05. The number of nitrogens with zero attached hydrogens (tertiary/aromatic N) is 1. The van der Waals surface area contributed by atoms with E-state index in [4.69, 9.17) is 11.6 Å². The van der Waals surface area contributed by atoms with Gasteiger partial charge in [0, 0.05) is 12.1 Å². The van der Waals surface area contributed by atoms with Crippen LogP contribution in [0.2, 0.25) is 0 Å². The molecule has 84 valence electrons. The van der Waals surface area contributed by atoms with Gasteiger partial charge in [-0.3, -0.25) is 0 Å². The lowest BCUT2D eigenvalue weighted by molar-refractivity contribution is 0.583. The normalized spacial score (nSPS) is 13.9. The predicted molar refractivity (Wildman–Crippen MR) is 64.0 cm³/mol. The largest absolute Gasteiger partial charge is 0.244 e. The van der Waals surface area contributed by atoms with E-state index >= 15 is 0 Å². The molecule has 0 amide bonds. The quantitative estimate of drug-likeness (QED) is 0.806. The van der Waals surface area contributed by atoms with Gasteiger partial charge in [0.05, 0.1) is 9.72 Å². The van der Waals surface area contributed by atoms with Crippen molar-refractivity contribution in [2.45, 2.75) is 24.1 Å². The average molecular weight is 313 g/mol. The van der Waals surface area contributed by atoms with Gasteiger partial charge in [0.2, 0.25) is 9.84 Å². The molecule has 0 aromatic carbocycles. The standard InChI is InChI=1S/C9H11BrClNO2S/c1-6-3-4-12-9(8(6)10)15(13,14)7(2)5-11/h3-4,7H,5H2,1-2H3. The average Bonchev–Trinajstić information content (AvgIpc) is 2.20. The minimum atomic E-state index is -3.43. The third kappa shape index (κ3) is 2.52. The lowest BCUT2D eigenvalue weighted by Crippen LogP contribution is -2.21. The summed E-state index contributed by atoms with van der Waals surface area (Å²) >= 11 is 8.79. The monoisotopic (exact) mass is 311 g/mol. The van der Waals surface area contributed by atoms with Gasteiger partial charge in [-0.25, -0.2) is 13.4 Å². The summed E-state index contributed by atoms with van der Waals surface area (Å²) in [4.78, 5) is 3.89. The van der Waals surface area contributed by atoms with Crippen LogP contribution in [0.5, 0.6) is 0 Å². The number of alkyl halides is 1. The molecule has 1 atom stereocenters. The summed E-state index contributed by atoms with van der Waals surface area (Å²) in [5, 5.41) is -0.569. The number of aromatic nitrogens is 1. The van der Waals surface area contributed by atoms with Crippen molar-refractivity contribution < 1.29 is 8.42 Å². The van der Waals surface area contributed by atoms with E-state index in [0.29, 0.717) is 4.47 Å². The van der Waals surface area contributed by atoms with Crippen LogP contribution >= 0.6 is 27.5 Å². The fourth-order valence-corrected chi connectivity index (χ4v) is 3.56. The van der Waals surface area contributed by atoms with Gasteiger partial charge in [0.25, 0.3) is 0 Å². The minimum Gasteiger partial charge on any atom is -0.244 e. The Bertz CT molecular complexity index is 461. The van der Waals surface area contributed by atoms with Crippen molar-refractivity contribution in [3.8, 4) is 0 Å². The van der Waals surface area contributed by atoms with Crippen molar-refractivity contribution in [3.63, 3.8) is 0 Å². The van der Waals surface area contributed by atoms with Crippen LogP contribution in [0.3, 0.4) is 0 Å². The highest BCUT2D eigenvalue weighted by Gasteiger charge is 2.26. The molecule has 0 saturated heterocycles. The van der Waals surface area contributed by atoms with E-state index in [1.807, 2.05) is 6.92 Å². The first kappa shape index (κ1) is 12.9. The molecule has 0 spiro atoms. The summed E-state index contributed by atoms with van der Waals surface area (Å²) < 4.78 is 24.4. The summed E-state index contributed by atoms with van der Waals surface area (Å²) in [5.41, 5.74) is 0.838. The molecule has 0 fully saturated rings. The molecule has 0 N–H and O–H groups in total. The SMILES string of the molecule is Cc1ccnc(S(=O)(=O)C(C)CCl)c1Br. The molecule has 0 bridgehead atoms. The zero-order chi connectivity index (χ0) is 11.6. The maximum atomic E-state index is 12.0.